The quantitative estimate of drug-likeness (QED) is 0.559. The first kappa shape index (κ1) is 8.24. The zero-order valence-electron chi connectivity index (χ0n) is 8.01. The van der Waals surface area contributed by atoms with Crippen molar-refractivity contribution in [3.63, 3.8) is 0 Å². The van der Waals surface area contributed by atoms with Crippen LogP contribution in [0.15, 0.2) is 48.7 Å². The lowest BCUT2D eigenvalue weighted by Crippen LogP contribution is -1.81. The molecule has 0 atom stereocenters. The van der Waals surface area contributed by atoms with E-state index in [1.165, 1.54) is 5.39 Å². The van der Waals surface area contributed by atoms with Gasteiger partial charge in [0.15, 0.2) is 0 Å². The number of fused-ring (bicyclic) bond motifs is 3. The Labute approximate surface area is 86.8 Å². The maximum Gasteiger partial charge on any atom is 0.117 e. The Hall–Kier alpha value is -2.09. The molecular formula is C13H9NO. The summed E-state index contributed by atoms with van der Waals surface area (Å²) < 4.78 is 0. The maximum absolute atomic E-state index is 9.36. The summed E-state index contributed by atoms with van der Waals surface area (Å²) in [5, 5.41) is 12.7. The van der Waals surface area contributed by atoms with Crippen LogP contribution in [0.25, 0.3) is 21.7 Å². The normalized spacial score (nSPS) is 10.9. The van der Waals surface area contributed by atoms with E-state index in [2.05, 4.69) is 11.1 Å². The summed E-state index contributed by atoms with van der Waals surface area (Å²) in [6, 6.07) is 13.4. The second-order valence-corrected chi connectivity index (χ2v) is 3.55. The third-order valence-corrected chi connectivity index (χ3v) is 2.57. The van der Waals surface area contributed by atoms with E-state index in [-0.39, 0.29) is 5.75 Å². The van der Waals surface area contributed by atoms with Gasteiger partial charge in [0.1, 0.15) is 5.75 Å². The molecule has 0 unspecified atom stereocenters. The molecule has 0 bridgehead atoms. The monoisotopic (exact) mass is 195 g/mol. The number of benzene rings is 2. The van der Waals surface area contributed by atoms with E-state index < -0.39 is 0 Å². The summed E-state index contributed by atoms with van der Waals surface area (Å²) in [6.07, 6.45) is 1.83. The highest BCUT2D eigenvalue weighted by molar-refractivity contribution is 6.05. The van der Waals surface area contributed by atoms with Crippen LogP contribution in [0.1, 0.15) is 0 Å². The molecule has 3 rings (SSSR count). The fourth-order valence-corrected chi connectivity index (χ4v) is 1.85. The molecule has 15 heavy (non-hydrogen) atoms. The van der Waals surface area contributed by atoms with Crippen LogP contribution >= 0.6 is 0 Å². The molecule has 2 nitrogen and oxygen atoms in total. The van der Waals surface area contributed by atoms with Crippen LogP contribution in [0.4, 0.5) is 0 Å². The van der Waals surface area contributed by atoms with Crippen LogP contribution in [0.2, 0.25) is 0 Å². The van der Waals surface area contributed by atoms with Gasteiger partial charge in [-0.25, -0.2) is 0 Å². The topological polar surface area (TPSA) is 33.1 Å². The van der Waals surface area contributed by atoms with E-state index in [9.17, 15) is 5.11 Å². The van der Waals surface area contributed by atoms with Gasteiger partial charge in [0.2, 0.25) is 0 Å². The molecule has 1 heterocycles. The summed E-state index contributed by atoms with van der Waals surface area (Å²) in [4.78, 5) is 4.31. The van der Waals surface area contributed by atoms with Crippen molar-refractivity contribution in [1.82, 2.24) is 4.98 Å². The minimum atomic E-state index is 0.255. The summed E-state index contributed by atoms with van der Waals surface area (Å²) >= 11 is 0. The van der Waals surface area contributed by atoms with E-state index >= 15 is 0 Å². The number of phenolic OH excluding ortho intramolecular Hbond substituents is 1. The molecule has 2 heteroatoms. The van der Waals surface area contributed by atoms with Gasteiger partial charge >= 0.3 is 0 Å². The fourth-order valence-electron chi connectivity index (χ4n) is 1.85. The molecule has 0 aliphatic heterocycles. The lowest BCUT2D eigenvalue weighted by atomic mass is 10.1. The van der Waals surface area contributed by atoms with Crippen molar-refractivity contribution in [3.05, 3.63) is 48.7 Å². The zero-order chi connectivity index (χ0) is 10.3. The molecular weight excluding hydrogens is 186 g/mol. The number of rotatable bonds is 0. The van der Waals surface area contributed by atoms with Gasteiger partial charge in [-0.15, -0.1) is 0 Å². The Morgan fingerprint density at radius 3 is 2.73 bits per heavy atom. The van der Waals surface area contributed by atoms with Gasteiger partial charge in [-0.3, -0.25) is 4.98 Å². The molecule has 0 radical (unpaired) electrons. The molecule has 0 amide bonds. The molecule has 0 saturated heterocycles. The van der Waals surface area contributed by atoms with Gasteiger partial charge in [0.25, 0.3) is 0 Å². The van der Waals surface area contributed by atoms with E-state index in [1.807, 2.05) is 30.5 Å². The second kappa shape index (κ2) is 2.95. The highest BCUT2D eigenvalue weighted by Crippen LogP contribution is 2.25. The van der Waals surface area contributed by atoms with Crippen molar-refractivity contribution in [3.8, 4) is 5.75 Å². The van der Waals surface area contributed by atoms with E-state index in [4.69, 9.17) is 0 Å². The molecule has 0 fully saturated rings. The van der Waals surface area contributed by atoms with Crippen molar-refractivity contribution < 1.29 is 5.11 Å². The first-order valence-corrected chi connectivity index (χ1v) is 4.81. The van der Waals surface area contributed by atoms with E-state index in [1.54, 1.807) is 12.1 Å². The van der Waals surface area contributed by atoms with Crippen LogP contribution in [-0.4, -0.2) is 10.1 Å². The third kappa shape index (κ3) is 1.22. The smallest absolute Gasteiger partial charge is 0.117 e. The highest BCUT2D eigenvalue weighted by atomic mass is 16.3. The summed E-state index contributed by atoms with van der Waals surface area (Å²) in [7, 11) is 0. The number of hydrogen-bond acceptors (Lipinski definition) is 2. The third-order valence-electron chi connectivity index (χ3n) is 2.57. The average molecular weight is 195 g/mol. The Balaban J connectivity index is 2.55. The maximum atomic E-state index is 9.36. The predicted octanol–water partition coefficient (Wildman–Crippen LogP) is 3.09. The van der Waals surface area contributed by atoms with Crippen molar-refractivity contribution in [2.24, 2.45) is 0 Å². The minimum absolute atomic E-state index is 0.255. The summed E-state index contributed by atoms with van der Waals surface area (Å²) in [5.74, 6) is 0.255. The number of pyridine rings is 1. The van der Waals surface area contributed by atoms with Gasteiger partial charge in [-0.05, 0) is 17.5 Å². The molecule has 3 aromatic rings. The highest BCUT2D eigenvalue weighted by Gasteiger charge is 2.01. The number of phenols is 1. The van der Waals surface area contributed by atoms with Crippen molar-refractivity contribution >= 4 is 21.7 Å². The number of aromatic nitrogens is 1. The molecule has 0 aliphatic rings. The van der Waals surface area contributed by atoms with Gasteiger partial charge in [0.05, 0.1) is 5.52 Å². The molecule has 0 saturated carbocycles. The fraction of sp³-hybridized carbons (Fsp3) is 0. The number of aromatic hydroxyl groups is 1. The number of nitrogens with zero attached hydrogens (tertiary/aromatic N) is 1. The van der Waals surface area contributed by atoms with Crippen LogP contribution < -0.4 is 0 Å². The first-order chi connectivity index (χ1) is 7.34. The Morgan fingerprint density at radius 1 is 0.933 bits per heavy atom. The van der Waals surface area contributed by atoms with Crippen LogP contribution in [-0.2, 0) is 0 Å². The number of hydrogen-bond donors (Lipinski definition) is 1. The van der Waals surface area contributed by atoms with Crippen LogP contribution in [0.3, 0.4) is 0 Å². The first-order valence-electron chi connectivity index (χ1n) is 4.81. The van der Waals surface area contributed by atoms with Crippen LogP contribution in [0, 0.1) is 0 Å². The van der Waals surface area contributed by atoms with Gasteiger partial charge in [-0.1, -0.05) is 24.3 Å². The Morgan fingerprint density at radius 2 is 1.80 bits per heavy atom. The van der Waals surface area contributed by atoms with Gasteiger partial charge in [0, 0.05) is 23.0 Å². The molecule has 72 valence electrons. The van der Waals surface area contributed by atoms with E-state index in [0.29, 0.717) is 0 Å². The summed E-state index contributed by atoms with van der Waals surface area (Å²) in [5.41, 5.74) is 0.828. The zero-order valence-corrected chi connectivity index (χ0v) is 8.01. The lowest BCUT2D eigenvalue weighted by molar-refractivity contribution is 0.476. The largest absolute Gasteiger partial charge is 0.508 e. The summed E-state index contributed by atoms with van der Waals surface area (Å²) in [6.45, 7) is 0. The molecule has 2 aromatic carbocycles. The van der Waals surface area contributed by atoms with Gasteiger partial charge in [-0.2, -0.15) is 0 Å². The molecule has 0 aliphatic carbocycles. The molecule has 1 N–H and O–H groups in total. The Bertz CT molecular complexity index is 646. The molecule has 0 spiro atoms. The second-order valence-electron chi connectivity index (χ2n) is 3.55. The standard InChI is InChI=1S/C13H9NO/c15-10-5-6-12-11-4-2-1-3-9(11)8-14-13(12)7-10/h1-8,15H. The van der Waals surface area contributed by atoms with Crippen molar-refractivity contribution in [2.75, 3.05) is 0 Å². The van der Waals surface area contributed by atoms with E-state index in [0.717, 1.165) is 16.3 Å². The minimum Gasteiger partial charge on any atom is -0.508 e. The van der Waals surface area contributed by atoms with Gasteiger partial charge < -0.3 is 5.11 Å². The van der Waals surface area contributed by atoms with Crippen molar-refractivity contribution in [1.29, 1.82) is 0 Å². The average Bonchev–Trinajstić information content (AvgIpc) is 2.28. The van der Waals surface area contributed by atoms with Crippen LogP contribution in [0.5, 0.6) is 5.75 Å². The SMILES string of the molecule is Oc1ccc2c(c1)ncc1ccccc12. The lowest BCUT2D eigenvalue weighted by Gasteiger charge is -2.02. The molecule has 1 aromatic heterocycles. The predicted molar refractivity (Wildman–Crippen MR) is 60.9 cm³/mol. The Kier molecular flexibility index (Phi) is 1.62. The van der Waals surface area contributed by atoms with Crippen molar-refractivity contribution in [2.45, 2.75) is 0 Å².